The van der Waals surface area contributed by atoms with Crippen LogP contribution in [0.3, 0.4) is 0 Å². The van der Waals surface area contributed by atoms with E-state index in [0.29, 0.717) is 21.4 Å². The van der Waals surface area contributed by atoms with Gasteiger partial charge in [-0.05, 0) is 61.1 Å². The largest absolute Gasteiger partial charge is 0.274 e. The normalized spacial score (nSPS) is 12.5. The van der Waals surface area contributed by atoms with Gasteiger partial charge in [-0.3, -0.25) is 18.4 Å². The third-order valence-electron chi connectivity index (χ3n) is 8.95. The summed E-state index contributed by atoms with van der Waals surface area (Å²) in [7, 11) is 0. The highest BCUT2D eigenvalue weighted by atomic mass is 32.1. The van der Waals surface area contributed by atoms with Gasteiger partial charge in [0.1, 0.15) is 20.0 Å². The molecule has 0 fully saturated rings. The quantitative estimate of drug-likeness (QED) is 0.173. The molecule has 0 bridgehead atoms. The number of thiophene rings is 3. The summed E-state index contributed by atoms with van der Waals surface area (Å²) in [4.78, 5) is 42.4. The molecule has 7 heterocycles. The third-order valence-corrected chi connectivity index (χ3v) is 12.3. The van der Waals surface area contributed by atoms with E-state index in [-0.39, 0.29) is 11.1 Å². The number of benzene rings is 3. The van der Waals surface area contributed by atoms with Gasteiger partial charge in [-0.25, -0.2) is 9.97 Å². The molecule has 0 aliphatic rings. The van der Waals surface area contributed by atoms with Crippen LogP contribution < -0.4 is 11.1 Å². The van der Waals surface area contributed by atoms with Crippen LogP contribution in [0.1, 0.15) is 20.9 Å². The minimum atomic E-state index is -0.0892. The molecule has 0 atom stereocenters. The first-order valence-corrected chi connectivity index (χ1v) is 17.4. The number of rotatable bonds is 6. The maximum Gasteiger partial charge on any atom is 0.274 e. The van der Waals surface area contributed by atoms with Crippen molar-refractivity contribution in [1.82, 2.24) is 18.8 Å². The Bertz CT molecular complexity index is 2860. The van der Waals surface area contributed by atoms with Crippen LogP contribution in [0.15, 0.2) is 94.5 Å². The van der Waals surface area contributed by atoms with E-state index in [1.165, 1.54) is 32.2 Å². The van der Waals surface area contributed by atoms with E-state index in [9.17, 15) is 9.59 Å². The van der Waals surface area contributed by atoms with Crippen LogP contribution >= 0.6 is 34.0 Å². The average Bonchev–Trinajstić information content (AvgIpc) is 3.87. The van der Waals surface area contributed by atoms with Crippen molar-refractivity contribution >= 4 is 96.9 Å². The minimum Gasteiger partial charge on any atom is -0.268 e. The number of fused-ring (bicyclic) bond motifs is 8. The zero-order chi connectivity index (χ0) is 29.8. The number of imidazole rings is 2. The van der Waals surface area contributed by atoms with Gasteiger partial charge in [0.15, 0.2) is 5.65 Å². The highest BCUT2D eigenvalue weighted by molar-refractivity contribution is 7.27. The van der Waals surface area contributed by atoms with E-state index in [2.05, 4.69) is 60.7 Å². The molecule has 9 heteroatoms. The summed E-state index contributed by atoms with van der Waals surface area (Å²) < 4.78 is 5.07. The summed E-state index contributed by atoms with van der Waals surface area (Å²) in [5.41, 5.74) is 5.42. The summed E-state index contributed by atoms with van der Waals surface area (Å²) in [5, 5.41) is 3.19. The van der Waals surface area contributed by atoms with Gasteiger partial charge in [0.05, 0.1) is 15.7 Å². The summed E-state index contributed by atoms with van der Waals surface area (Å²) in [6, 6.07) is 29.0. The Morgan fingerprint density at radius 3 is 1.69 bits per heavy atom. The predicted octanol–water partition coefficient (Wildman–Crippen LogP) is 8.10. The second kappa shape index (κ2) is 9.40. The summed E-state index contributed by atoms with van der Waals surface area (Å²) in [6.07, 6.45) is 3.68. The van der Waals surface area contributed by atoms with Crippen LogP contribution in [0.5, 0.6) is 0 Å². The number of pyridine rings is 2. The SMILES string of the molecule is O=c1c2sc3c4c(ccc(c24)c2nc4sc(CCc5ccccc5)cc4n12)c(=O)n1c2cc(CCc4ccccc4)sc2nc31. The molecule has 0 amide bonds. The topological polar surface area (TPSA) is 68.7 Å². The van der Waals surface area contributed by atoms with Gasteiger partial charge in [0, 0.05) is 31.3 Å². The van der Waals surface area contributed by atoms with Crippen LogP contribution in [-0.4, -0.2) is 18.8 Å². The van der Waals surface area contributed by atoms with Crippen molar-refractivity contribution in [3.63, 3.8) is 0 Å². The van der Waals surface area contributed by atoms with Gasteiger partial charge >= 0.3 is 0 Å². The predicted molar refractivity (Wildman–Crippen MR) is 188 cm³/mol. The highest BCUT2D eigenvalue weighted by Gasteiger charge is 2.26. The standard InChI is InChI=1S/C36H22N4O2S3/c41-35-24-16-15-23-27-28(24)29(32-38-34-26(40(32)35)18-22(44-34)14-12-20-9-5-2-6-10-20)45-30(27)36(42)39-25-17-21(43-33(25)37-31(23)39)13-11-19-7-3-1-4-8-19/h1-10,15-18H,11-14H2. The van der Waals surface area contributed by atoms with Crippen LogP contribution in [0.25, 0.3) is 62.9 Å². The molecule has 6 nitrogen and oxygen atoms in total. The molecule has 45 heavy (non-hydrogen) atoms. The summed E-state index contributed by atoms with van der Waals surface area (Å²) >= 11 is 4.75. The molecule has 0 aliphatic carbocycles. The Balaban J connectivity index is 1.14. The Morgan fingerprint density at radius 2 is 1.07 bits per heavy atom. The van der Waals surface area contributed by atoms with Crippen LogP contribution in [0, 0.1) is 0 Å². The smallest absolute Gasteiger partial charge is 0.268 e. The molecular formula is C36H22N4O2S3. The number of hydrogen-bond acceptors (Lipinski definition) is 7. The van der Waals surface area contributed by atoms with Crippen molar-refractivity contribution in [2.45, 2.75) is 25.7 Å². The zero-order valence-electron chi connectivity index (χ0n) is 23.7. The van der Waals surface area contributed by atoms with Crippen molar-refractivity contribution < 1.29 is 0 Å². The van der Waals surface area contributed by atoms with E-state index in [4.69, 9.17) is 9.97 Å². The van der Waals surface area contributed by atoms with E-state index < -0.39 is 0 Å². The summed E-state index contributed by atoms with van der Waals surface area (Å²) in [6.45, 7) is 0. The maximum absolute atomic E-state index is 14.2. The molecule has 0 aliphatic heterocycles. The van der Waals surface area contributed by atoms with Crippen molar-refractivity contribution in [2.75, 3.05) is 0 Å². The molecule has 0 spiro atoms. The first-order valence-electron chi connectivity index (χ1n) is 14.9. The average molecular weight is 639 g/mol. The fourth-order valence-electron chi connectivity index (χ4n) is 6.83. The molecule has 10 aromatic rings. The molecule has 3 aromatic carbocycles. The molecule has 0 unspecified atom stereocenters. The Labute approximate surface area is 266 Å². The van der Waals surface area contributed by atoms with Gasteiger partial charge in [0.25, 0.3) is 11.1 Å². The number of nitrogens with zero attached hydrogens (tertiary/aromatic N) is 4. The van der Waals surface area contributed by atoms with Gasteiger partial charge in [0.2, 0.25) is 0 Å². The molecular weight excluding hydrogens is 617 g/mol. The lowest BCUT2D eigenvalue weighted by Crippen LogP contribution is -2.13. The van der Waals surface area contributed by atoms with Crippen molar-refractivity contribution in [3.05, 3.63) is 127 Å². The first kappa shape index (κ1) is 25.6. The van der Waals surface area contributed by atoms with E-state index in [1.54, 1.807) is 31.5 Å². The zero-order valence-corrected chi connectivity index (χ0v) is 26.2. The Kier molecular flexibility index (Phi) is 5.35. The maximum atomic E-state index is 14.2. The number of hydrogen-bond donors (Lipinski definition) is 0. The number of aromatic nitrogens is 4. The molecule has 216 valence electrons. The van der Waals surface area contributed by atoms with Crippen LogP contribution in [0.2, 0.25) is 0 Å². The number of aryl methyl sites for hydroxylation is 4. The second-order valence-electron chi connectivity index (χ2n) is 11.6. The minimum absolute atomic E-state index is 0.0803. The molecule has 7 aromatic heterocycles. The van der Waals surface area contributed by atoms with Crippen molar-refractivity contribution in [3.8, 4) is 0 Å². The lowest BCUT2D eigenvalue weighted by Gasteiger charge is -2.05. The Hall–Kier alpha value is -4.70. The lowest BCUT2D eigenvalue weighted by atomic mass is 10.0. The molecule has 0 saturated heterocycles. The van der Waals surface area contributed by atoms with E-state index in [1.807, 2.05) is 24.3 Å². The fourth-order valence-corrected chi connectivity index (χ4v) is 10.1. The van der Waals surface area contributed by atoms with E-state index >= 15 is 0 Å². The summed E-state index contributed by atoms with van der Waals surface area (Å²) in [5.74, 6) is 0. The monoisotopic (exact) mass is 638 g/mol. The molecule has 0 radical (unpaired) electrons. The van der Waals surface area contributed by atoms with Crippen molar-refractivity contribution in [1.29, 1.82) is 0 Å². The van der Waals surface area contributed by atoms with Crippen LogP contribution in [-0.2, 0) is 25.7 Å². The van der Waals surface area contributed by atoms with E-state index in [0.717, 1.165) is 67.2 Å². The van der Waals surface area contributed by atoms with Gasteiger partial charge in [-0.15, -0.1) is 34.0 Å². The molecule has 0 saturated carbocycles. The highest BCUT2D eigenvalue weighted by Crippen LogP contribution is 2.43. The van der Waals surface area contributed by atoms with Crippen LogP contribution in [0.4, 0.5) is 0 Å². The molecule has 0 N–H and O–H groups in total. The van der Waals surface area contributed by atoms with Gasteiger partial charge in [-0.1, -0.05) is 60.7 Å². The van der Waals surface area contributed by atoms with Crippen molar-refractivity contribution in [2.24, 2.45) is 0 Å². The fraction of sp³-hybridized carbons (Fsp3) is 0.111. The van der Waals surface area contributed by atoms with Gasteiger partial charge in [-0.2, -0.15) is 0 Å². The second-order valence-corrected chi connectivity index (χ2v) is 14.9. The third kappa shape index (κ3) is 3.66. The van der Waals surface area contributed by atoms with Gasteiger partial charge < -0.3 is 0 Å². The lowest BCUT2D eigenvalue weighted by molar-refractivity contribution is 0.981. The Morgan fingerprint density at radius 1 is 0.533 bits per heavy atom. The first-order chi connectivity index (χ1) is 22.1. The molecule has 10 rings (SSSR count).